The summed E-state index contributed by atoms with van der Waals surface area (Å²) < 4.78 is 25.7. The van der Waals surface area contributed by atoms with Crippen molar-refractivity contribution in [2.75, 3.05) is 13.1 Å². The Morgan fingerprint density at radius 2 is 2.06 bits per heavy atom. The monoisotopic (exact) mass is 264 g/mol. The van der Waals surface area contributed by atoms with Crippen LogP contribution in [-0.4, -0.2) is 36.1 Å². The lowest BCUT2D eigenvalue weighted by Gasteiger charge is -2.23. The Kier molecular flexibility index (Phi) is 4.70. The summed E-state index contributed by atoms with van der Waals surface area (Å²) in [5.41, 5.74) is 5.42. The fraction of sp³-hybridized carbons (Fsp3) is 0.900. The maximum absolute atomic E-state index is 12.1. The van der Waals surface area contributed by atoms with Gasteiger partial charge in [0.2, 0.25) is 10.0 Å². The van der Waals surface area contributed by atoms with E-state index in [1.54, 1.807) is 4.31 Å². The highest BCUT2D eigenvalue weighted by Crippen LogP contribution is 2.31. The highest BCUT2D eigenvalue weighted by molar-refractivity contribution is 7.90. The molecule has 0 aromatic rings. The van der Waals surface area contributed by atoms with Crippen molar-refractivity contribution < 1.29 is 8.42 Å². The summed E-state index contributed by atoms with van der Waals surface area (Å²) >= 11 is 4.79. The summed E-state index contributed by atoms with van der Waals surface area (Å²) in [5.74, 6) is 0.319. The number of rotatable bonds is 7. The predicted molar refractivity (Wildman–Crippen MR) is 69.8 cm³/mol. The maximum Gasteiger partial charge on any atom is 0.217 e. The van der Waals surface area contributed by atoms with Crippen LogP contribution in [-0.2, 0) is 10.0 Å². The summed E-state index contributed by atoms with van der Waals surface area (Å²) in [7, 11) is -3.10. The first kappa shape index (κ1) is 13.9. The van der Waals surface area contributed by atoms with Crippen molar-refractivity contribution in [3.63, 3.8) is 0 Å². The van der Waals surface area contributed by atoms with E-state index < -0.39 is 10.0 Å². The lowest BCUT2D eigenvalue weighted by molar-refractivity contribution is 0.374. The molecule has 4 nitrogen and oxygen atoms in total. The van der Waals surface area contributed by atoms with Crippen LogP contribution in [0.5, 0.6) is 0 Å². The van der Waals surface area contributed by atoms with Crippen molar-refractivity contribution in [2.45, 2.75) is 38.4 Å². The maximum atomic E-state index is 12.1. The molecule has 16 heavy (non-hydrogen) atoms. The first-order valence-electron chi connectivity index (χ1n) is 5.61. The number of thiocarbonyl (C=S) groups is 1. The second kappa shape index (κ2) is 5.42. The van der Waals surface area contributed by atoms with Crippen LogP contribution < -0.4 is 5.73 Å². The highest BCUT2D eigenvalue weighted by atomic mass is 32.2. The number of sulfonamides is 1. The minimum Gasteiger partial charge on any atom is -0.393 e. The molecule has 2 N–H and O–H groups in total. The van der Waals surface area contributed by atoms with Gasteiger partial charge in [-0.05, 0) is 18.8 Å². The van der Waals surface area contributed by atoms with Gasteiger partial charge < -0.3 is 5.73 Å². The summed E-state index contributed by atoms with van der Waals surface area (Å²) in [6.07, 6.45) is 2.06. The van der Waals surface area contributed by atoms with Crippen molar-refractivity contribution in [2.24, 2.45) is 11.7 Å². The fourth-order valence-corrected chi connectivity index (χ4v) is 3.64. The molecule has 6 heteroatoms. The van der Waals surface area contributed by atoms with Crippen LogP contribution in [0.1, 0.15) is 33.1 Å². The predicted octanol–water partition coefficient (Wildman–Crippen LogP) is 1.11. The molecule has 0 saturated heterocycles. The van der Waals surface area contributed by atoms with E-state index in [4.69, 9.17) is 18.0 Å². The molecule has 0 spiro atoms. The van der Waals surface area contributed by atoms with E-state index in [0.717, 1.165) is 12.8 Å². The van der Waals surface area contributed by atoms with Crippen LogP contribution in [0.4, 0.5) is 0 Å². The van der Waals surface area contributed by atoms with E-state index in [1.807, 2.05) is 13.8 Å². The molecule has 1 aliphatic carbocycles. The van der Waals surface area contributed by atoms with Crippen LogP contribution in [0.3, 0.4) is 0 Å². The van der Waals surface area contributed by atoms with Gasteiger partial charge in [-0.15, -0.1) is 0 Å². The summed E-state index contributed by atoms with van der Waals surface area (Å²) in [4.78, 5) is 0.375. The molecule has 0 radical (unpaired) electrons. The van der Waals surface area contributed by atoms with Crippen LogP contribution in [0.15, 0.2) is 0 Å². The van der Waals surface area contributed by atoms with E-state index in [1.165, 1.54) is 0 Å². The van der Waals surface area contributed by atoms with E-state index in [-0.39, 0.29) is 5.25 Å². The summed E-state index contributed by atoms with van der Waals surface area (Å²) in [5, 5.41) is -0.155. The molecule has 0 amide bonds. The molecule has 1 fully saturated rings. The van der Waals surface area contributed by atoms with Crippen LogP contribution in [0, 0.1) is 5.92 Å². The zero-order chi connectivity index (χ0) is 12.3. The Morgan fingerprint density at radius 3 is 2.44 bits per heavy atom. The highest BCUT2D eigenvalue weighted by Gasteiger charge is 2.39. The van der Waals surface area contributed by atoms with Gasteiger partial charge in [0.1, 0.15) is 0 Å². The van der Waals surface area contributed by atoms with E-state index in [2.05, 4.69) is 0 Å². The second-order valence-corrected chi connectivity index (χ2v) is 7.45. The van der Waals surface area contributed by atoms with Gasteiger partial charge in [-0.2, -0.15) is 0 Å². The van der Waals surface area contributed by atoms with E-state index in [9.17, 15) is 8.42 Å². The van der Waals surface area contributed by atoms with E-state index in [0.29, 0.717) is 30.4 Å². The average Bonchev–Trinajstić information content (AvgIpc) is 2.93. The smallest absolute Gasteiger partial charge is 0.217 e. The Balaban J connectivity index is 2.66. The Hall–Kier alpha value is -0.200. The fourth-order valence-electron chi connectivity index (χ4n) is 1.54. The van der Waals surface area contributed by atoms with Crippen LogP contribution >= 0.6 is 12.2 Å². The Morgan fingerprint density at radius 1 is 1.50 bits per heavy atom. The van der Waals surface area contributed by atoms with Gasteiger partial charge >= 0.3 is 0 Å². The zero-order valence-corrected chi connectivity index (χ0v) is 11.5. The first-order valence-corrected chi connectivity index (χ1v) is 7.52. The minimum absolute atomic E-state index is 0.155. The molecule has 0 atom stereocenters. The molecular formula is C10H20N2O2S2. The molecular weight excluding hydrogens is 244 g/mol. The summed E-state index contributed by atoms with van der Waals surface area (Å²) in [6, 6.07) is 0. The van der Waals surface area contributed by atoms with Gasteiger partial charge in [0.25, 0.3) is 0 Å². The summed E-state index contributed by atoms with van der Waals surface area (Å²) in [6.45, 7) is 5.00. The topological polar surface area (TPSA) is 63.4 Å². The molecule has 0 aliphatic heterocycles. The first-order chi connectivity index (χ1) is 7.34. The largest absolute Gasteiger partial charge is 0.393 e. The zero-order valence-electron chi connectivity index (χ0n) is 9.85. The second-order valence-electron chi connectivity index (χ2n) is 4.71. The number of nitrogens with zero attached hydrogens (tertiary/aromatic N) is 1. The molecule has 1 saturated carbocycles. The van der Waals surface area contributed by atoms with Gasteiger partial charge in [0.15, 0.2) is 0 Å². The van der Waals surface area contributed by atoms with Crippen molar-refractivity contribution in [3.8, 4) is 0 Å². The number of hydrogen-bond donors (Lipinski definition) is 1. The molecule has 0 heterocycles. The van der Waals surface area contributed by atoms with Crippen LogP contribution in [0.2, 0.25) is 0 Å². The average molecular weight is 264 g/mol. The lowest BCUT2D eigenvalue weighted by Crippen LogP contribution is -2.38. The van der Waals surface area contributed by atoms with Gasteiger partial charge in [-0.25, -0.2) is 12.7 Å². The van der Waals surface area contributed by atoms with Crippen molar-refractivity contribution in [1.29, 1.82) is 0 Å². The molecule has 0 bridgehead atoms. The third-order valence-corrected chi connectivity index (χ3v) is 5.05. The van der Waals surface area contributed by atoms with Crippen LogP contribution in [0.25, 0.3) is 0 Å². The number of hydrogen-bond acceptors (Lipinski definition) is 3. The molecule has 1 aliphatic rings. The Labute approximate surface area is 103 Å². The quantitative estimate of drug-likeness (QED) is 0.700. The molecule has 0 unspecified atom stereocenters. The third-order valence-electron chi connectivity index (χ3n) is 2.48. The lowest BCUT2D eigenvalue weighted by atomic mass is 10.2. The Bertz CT molecular complexity index is 348. The molecule has 0 aromatic carbocycles. The van der Waals surface area contributed by atoms with E-state index >= 15 is 0 Å². The van der Waals surface area contributed by atoms with Gasteiger partial charge in [-0.3, -0.25) is 0 Å². The van der Waals surface area contributed by atoms with Crippen molar-refractivity contribution in [3.05, 3.63) is 0 Å². The minimum atomic E-state index is -3.10. The molecule has 94 valence electrons. The normalized spacial score (nSPS) is 17.0. The van der Waals surface area contributed by atoms with Crippen molar-refractivity contribution >= 4 is 27.2 Å². The van der Waals surface area contributed by atoms with Gasteiger partial charge in [0.05, 0.1) is 10.2 Å². The standard InChI is InChI=1S/C10H20N2O2S2/c1-8(2)7-12(6-5-10(11)15)16(13,14)9-3-4-9/h8-9H,3-7H2,1-2H3,(H2,11,15). The third kappa shape index (κ3) is 3.99. The number of nitrogens with two attached hydrogens (primary N) is 1. The van der Waals surface area contributed by atoms with Gasteiger partial charge in [0, 0.05) is 19.5 Å². The van der Waals surface area contributed by atoms with Gasteiger partial charge in [-0.1, -0.05) is 26.1 Å². The SMILES string of the molecule is CC(C)CN(CCC(N)=S)S(=O)(=O)C1CC1. The molecule has 0 aromatic heterocycles. The molecule has 1 rings (SSSR count). The van der Waals surface area contributed by atoms with Crippen molar-refractivity contribution in [1.82, 2.24) is 4.31 Å².